The summed E-state index contributed by atoms with van der Waals surface area (Å²) in [6, 6.07) is 5.91. The normalized spacial score (nSPS) is 10.4. The van der Waals surface area contributed by atoms with E-state index in [0.29, 0.717) is 10.9 Å². The van der Waals surface area contributed by atoms with Crippen LogP contribution >= 0.6 is 0 Å². The Morgan fingerprint density at radius 1 is 1.25 bits per heavy atom. The van der Waals surface area contributed by atoms with Crippen LogP contribution in [0.5, 0.6) is 5.75 Å². The number of halogens is 1. The van der Waals surface area contributed by atoms with Crippen LogP contribution in [-0.4, -0.2) is 10.1 Å². The monoisotopic (exact) mass is 163 g/mol. The average Bonchev–Trinajstić information content (AvgIpc) is 2.07. The fraction of sp³-hybridized carbons (Fsp3) is 0. The van der Waals surface area contributed by atoms with Gasteiger partial charge in [0.2, 0.25) is 0 Å². The van der Waals surface area contributed by atoms with E-state index < -0.39 is 0 Å². The maximum Gasteiger partial charge on any atom is 0.141 e. The number of phenols is 1. The summed E-state index contributed by atoms with van der Waals surface area (Å²) in [6.07, 6.45) is 1.33. The number of para-hydroxylation sites is 1. The molecule has 60 valence electrons. The predicted octanol–water partition coefficient (Wildman–Crippen LogP) is 2.08. The van der Waals surface area contributed by atoms with Gasteiger partial charge in [-0.25, -0.2) is 4.39 Å². The summed E-state index contributed by atoms with van der Waals surface area (Å²) in [5.74, 6) is -0.358. The minimum Gasteiger partial charge on any atom is -0.506 e. The van der Waals surface area contributed by atoms with Crippen LogP contribution in [-0.2, 0) is 0 Å². The van der Waals surface area contributed by atoms with Gasteiger partial charge in [-0.15, -0.1) is 0 Å². The van der Waals surface area contributed by atoms with E-state index in [4.69, 9.17) is 0 Å². The Morgan fingerprint density at radius 3 is 2.83 bits per heavy atom. The van der Waals surface area contributed by atoms with Gasteiger partial charge in [-0.1, -0.05) is 6.07 Å². The first kappa shape index (κ1) is 7.03. The average molecular weight is 163 g/mol. The topological polar surface area (TPSA) is 33.1 Å². The van der Waals surface area contributed by atoms with Crippen LogP contribution in [0.1, 0.15) is 0 Å². The smallest absolute Gasteiger partial charge is 0.141 e. The van der Waals surface area contributed by atoms with E-state index in [-0.39, 0.29) is 11.6 Å². The van der Waals surface area contributed by atoms with Crippen LogP contribution in [0.4, 0.5) is 4.39 Å². The third-order valence-corrected chi connectivity index (χ3v) is 1.70. The molecule has 0 atom stereocenters. The lowest BCUT2D eigenvalue weighted by atomic mass is 10.2. The fourth-order valence-corrected chi connectivity index (χ4v) is 1.13. The molecule has 0 aliphatic heterocycles. The maximum absolute atomic E-state index is 13.0. The van der Waals surface area contributed by atoms with Gasteiger partial charge in [-0.3, -0.25) is 4.98 Å². The molecule has 0 amide bonds. The molecule has 2 rings (SSSR count). The Bertz CT molecular complexity index is 387. The number of rotatable bonds is 0. The Kier molecular flexibility index (Phi) is 1.43. The summed E-state index contributed by atoms with van der Waals surface area (Å²) < 4.78 is 13.0. The van der Waals surface area contributed by atoms with Gasteiger partial charge in [0.1, 0.15) is 17.1 Å². The van der Waals surface area contributed by atoms with Crippen LogP contribution in [0.25, 0.3) is 10.9 Å². The highest BCUT2D eigenvalue weighted by molar-refractivity contribution is 5.84. The van der Waals surface area contributed by atoms with Crippen molar-refractivity contribution in [2.75, 3.05) is 0 Å². The number of benzene rings is 1. The predicted molar refractivity (Wildman–Crippen MR) is 43.4 cm³/mol. The highest BCUT2D eigenvalue weighted by Gasteiger charge is 2.03. The SMILES string of the molecule is Oc1cccc2c(F)ccnc12. The molecule has 0 unspecified atom stereocenters. The largest absolute Gasteiger partial charge is 0.506 e. The second-order valence-electron chi connectivity index (χ2n) is 2.47. The molecule has 0 saturated carbocycles. The molecule has 0 aliphatic carbocycles. The molecule has 1 heterocycles. The second kappa shape index (κ2) is 2.44. The number of hydrogen-bond acceptors (Lipinski definition) is 2. The molecule has 1 aromatic carbocycles. The standard InChI is InChI=1S/C9H6FNO/c10-7-4-5-11-9-6(7)2-1-3-8(9)12/h1-5,12H. The van der Waals surface area contributed by atoms with Crippen molar-refractivity contribution in [1.29, 1.82) is 0 Å². The minimum absolute atomic E-state index is 0.00648. The fourth-order valence-electron chi connectivity index (χ4n) is 1.13. The molecule has 2 nitrogen and oxygen atoms in total. The number of aromatic nitrogens is 1. The van der Waals surface area contributed by atoms with E-state index in [1.54, 1.807) is 12.1 Å². The summed E-state index contributed by atoms with van der Waals surface area (Å²) in [4.78, 5) is 3.85. The van der Waals surface area contributed by atoms with Gasteiger partial charge in [0.05, 0.1) is 0 Å². The Labute approximate surface area is 68.3 Å². The van der Waals surface area contributed by atoms with Crippen molar-refractivity contribution in [3.63, 3.8) is 0 Å². The molecular weight excluding hydrogens is 157 g/mol. The first-order valence-corrected chi connectivity index (χ1v) is 3.51. The Hall–Kier alpha value is -1.64. The van der Waals surface area contributed by atoms with Gasteiger partial charge in [-0.2, -0.15) is 0 Å². The summed E-state index contributed by atoms with van der Waals surface area (Å²) in [7, 11) is 0. The summed E-state index contributed by atoms with van der Waals surface area (Å²) >= 11 is 0. The molecule has 0 aliphatic rings. The second-order valence-corrected chi connectivity index (χ2v) is 2.47. The van der Waals surface area contributed by atoms with Gasteiger partial charge in [0.25, 0.3) is 0 Å². The van der Waals surface area contributed by atoms with Gasteiger partial charge < -0.3 is 5.11 Å². The van der Waals surface area contributed by atoms with Crippen LogP contribution in [0.2, 0.25) is 0 Å². The minimum atomic E-state index is -0.365. The molecule has 1 aromatic heterocycles. The van der Waals surface area contributed by atoms with Crippen molar-refractivity contribution in [2.45, 2.75) is 0 Å². The van der Waals surface area contributed by atoms with E-state index in [2.05, 4.69) is 4.98 Å². The molecule has 0 fully saturated rings. The highest BCUT2D eigenvalue weighted by Crippen LogP contribution is 2.23. The number of hydrogen-bond donors (Lipinski definition) is 1. The van der Waals surface area contributed by atoms with Crippen molar-refractivity contribution in [1.82, 2.24) is 4.98 Å². The number of aromatic hydroxyl groups is 1. The molecule has 1 N–H and O–H groups in total. The lowest BCUT2D eigenvalue weighted by Gasteiger charge is -1.98. The number of nitrogens with zero attached hydrogens (tertiary/aromatic N) is 1. The molecule has 0 radical (unpaired) electrons. The summed E-state index contributed by atoms with van der Waals surface area (Å²) in [5, 5.41) is 9.61. The van der Waals surface area contributed by atoms with Gasteiger partial charge in [0, 0.05) is 11.6 Å². The number of pyridine rings is 1. The summed E-state index contributed by atoms with van der Waals surface area (Å²) in [5.41, 5.74) is 0.303. The first-order chi connectivity index (χ1) is 5.79. The van der Waals surface area contributed by atoms with E-state index in [1.807, 2.05) is 0 Å². The maximum atomic E-state index is 13.0. The van der Waals surface area contributed by atoms with Gasteiger partial charge in [-0.05, 0) is 18.2 Å². The Balaban J connectivity index is 2.94. The van der Waals surface area contributed by atoms with Gasteiger partial charge in [0.15, 0.2) is 0 Å². The zero-order valence-corrected chi connectivity index (χ0v) is 6.16. The van der Waals surface area contributed by atoms with Gasteiger partial charge >= 0.3 is 0 Å². The third kappa shape index (κ3) is 0.906. The molecule has 0 saturated heterocycles. The van der Waals surface area contributed by atoms with Crippen molar-refractivity contribution < 1.29 is 9.50 Å². The molecule has 12 heavy (non-hydrogen) atoms. The lowest BCUT2D eigenvalue weighted by molar-refractivity contribution is 0.480. The van der Waals surface area contributed by atoms with Crippen molar-refractivity contribution >= 4 is 10.9 Å². The number of phenolic OH excluding ortho intramolecular Hbond substituents is 1. The van der Waals surface area contributed by atoms with Crippen LogP contribution in [0.15, 0.2) is 30.5 Å². The third-order valence-electron chi connectivity index (χ3n) is 1.70. The van der Waals surface area contributed by atoms with Crippen LogP contribution < -0.4 is 0 Å². The quantitative estimate of drug-likeness (QED) is 0.645. The van der Waals surface area contributed by atoms with E-state index in [0.717, 1.165) is 0 Å². The molecule has 3 heteroatoms. The highest BCUT2D eigenvalue weighted by atomic mass is 19.1. The first-order valence-electron chi connectivity index (χ1n) is 3.51. The molecular formula is C9H6FNO. The van der Waals surface area contributed by atoms with Crippen LogP contribution in [0, 0.1) is 5.82 Å². The molecule has 2 aromatic rings. The number of fused-ring (bicyclic) bond motifs is 1. The van der Waals surface area contributed by atoms with Crippen molar-refractivity contribution in [3.8, 4) is 5.75 Å². The zero-order chi connectivity index (χ0) is 8.55. The molecule has 0 bridgehead atoms. The van der Waals surface area contributed by atoms with E-state index in [9.17, 15) is 9.50 Å². The lowest BCUT2D eigenvalue weighted by Crippen LogP contribution is -1.82. The van der Waals surface area contributed by atoms with E-state index in [1.165, 1.54) is 18.3 Å². The summed E-state index contributed by atoms with van der Waals surface area (Å²) in [6.45, 7) is 0. The van der Waals surface area contributed by atoms with Crippen molar-refractivity contribution in [3.05, 3.63) is 36.3 Å². The van der Waals surface area contributed by atoms with E-state index >= 15 is 0 Å². The van der Waals surface area contributed by atoms with Crippen molar-refractivity contribution in [2.24, 2.45) is 0 Å². The Morgan fingerprint density at radius 2 is 2.08 bits per heavy atom. The zero-order valence-electron chi connectivity index (χ0n) is 6.16. The van der Waals surface area contributed by atoms with Crippen LogP contribution in [0.3, 0.4) is 0 Å². The molecule has 0 spiro atoms.